The summed E-state index contributed by atoms with van der Waals surface area (Å²) >= 11 is 3.43. The van der Waals surface area contributed by atoms with Crippen LogP contribution in [0.15, 0.2) is 22.7 Å². The highest BCUT2D eigenvalue weighted by molar-refractivity contribution is 9.10. The summed E-state index contributed by atoms with van der Waals surface area (Å²) in [4.78, 5) is 4.54. The van der Waals surface area contributed by atoms with Gasteiger partial charge >= 0.3 is 0 Å². The monoisotopic (exact) mass is 277 g/mol. The van der Waals surface area contributed by atoms with Crippen LogP contribution in [0.1, 0.15) is 5.82 Å². The van der Waals surface area contributed by atoms with Crippen LogP contribution in [0.5, 0.6) is 0 Å². The third kappa shape index (κ3) is 1.97. The molecule has 2 aromatic rings. The van der Waals surface area contributed by atoms with Gasteiger partial charge < -0.3 is 10.3 Å². The standard InChI is InChI=1S/C12H12BrN3/c1-2-7-16-11-4-3-9(13)8-10(11)15-12(16)5-6-14/h1,3-4,8H,5-7,14H2. The minimum absolute atomic E-state index is 0.535. The number of nitrogens with zero attached hydrogens (tertiary/aromatic N) is 2. The van der Waals surface area contributed by atoms with E-state index < -0.39 is 0 Å². The first kappa shape index (κ1) is 11.2. The molecular weight excluding hydrogens is 266 g/mol. The van der Waals surface area contributed by atoms with Gasteiger partial charge in [0.25, 0.3) is 0 Å². The molecule has 16 heavy (non-hydrogen) atoms. The van der Waals surface area contributed by atoms with Crippen LogP contribution < -0.4 is 5.73 Å². The Hall–Kier alpha value is -1.31. The Morgan fingerprint density at radius 3 is 3.00 bits per heavy atom. The highest BCUT2D eigenvalue weighted by Gasteiger charge is 2.09. The molecule has 2 rings (SSSR count). The average molecular weight is 278 g/mol. The molecule has 0 saturated heterocycles. The predicted octanol–water partition coefficient (Wildman–Crippen LogP) is 1.93. The van der Waals surface area contributed by atoms with Crippen LogP contribution >= 0.6 is 15.9 Å². The molecule has 0 spiro atoms. The van der Waals surface area contributed by atoms with Crippen molar-refractivity contribution in [1.82, 2.24) is 9.55 Å². The highest BCUT2D eigenvalue weighted by atomic mass is 79.9. The first-order valence-corrected chi connectivity index (χ1v) is 5.83. The fourth-order valence-electron chi connectivity index (χ4n) is 1.74. The molecule has 0 atom stereocenters. The number of aromatic nitrogens is 2. The third-order valence-corrected chi connectivity index (χ3v) is 2.90. The third-order valence-electron chi connectivity index (χ3n) is 2.41. The zero-order valence-corrected chi connectivity index (χ0v) is 10.4. The van der Waals surface area contributed by atoms with Crippen LogP contribution in [-0.2, 0) is 13.0 Å². The molecule has 0 unspecified atom stereocenters. The van der Waals surface area contributed by atoms with Crippen molar-refractivity contribution in [1.29, 1.82) is 0 Å². The Morgan fingerprint density at radius 1 is 1.50 bits per heavy atom. The molecule has 0 bridgehead atoms. The summed E-state index contributed by atoms with van der Waals surface area (Å²) in [6.07, 6.45) is 6.11. The van der Waals surface area contributed by atoms with Gasteiger partial charge in [0.1, 0.15) is 5.82 Å². The normalized spacial score (nSPS) is 10.6. The van der Waals surface area contributed by atoms with E-state index in [0.29, 0.717) is 13.1 Å². The minimum Gasteiger partial charge on any atom is -0.330 e. The smallest absolute Gasteiger partial charge is 0.111 e. The number of benzene rings is 1. The second-order valence-corrected chi connectivity index (χ2v) is 4.41. The molecule has 0 amide bonds. The van der Waals surface area contributed by atoms with Gasteiger partial charge in [0, 0.05) is 10.9 Å². The second-order valence-electron chi connectivity index (χ2n) is 3.49. The van der Waals surface area contributed by atoms with Crippen molar-refractivity contribution >= 4 is 27.0 Å². The van der Waals surface area contributed by atoms with Gasteiger partial charge in [-0.2, -0.15) is 0 Å². The number of fused-ring (bicyclic) bond motifs is 1. The quantitative estimate of drug-likeness (QED) is 0.872. The summed E-state index contributed by atoms with van der Waals surface area (Å²) in [6.45, 7) is 1.11. The molecule has 0 aliphatic carbocycles. The van der Waals surface area contributed by atoms with Crippen molar-refractivity contribution in [2.75, 3.05) is 6.54 Å². The number of imidazole rings is 1. The maximum Gasteiger partial charge on any atom is 0.111 e. The molecule has 0 aliphatic rings. The van der Waals surface area contributed by atoms with Gasteiger partial charge in [-0.15, -0.1) is 6.42 Å². The van der Waals surface area contributed by atoms with Crippen LogP contribution in [0.4, 0.5) is 0 Å². The lowest BCUT2D eigenvalue weighted by Crippen LogP contribution is -2.09. The van der Waals surface area contributed by atoms with Crippen LogP contribution in [0.3, 0.4) is 0 Å². The van der Waals surface area contributed by atoms with Gasteiger partial charge in [0.2, 0.25) is 0 Å². The van der Waals surface area contributed by atoms with Crippen LogP contribution in [0, 0.1) is 12.3 Å². The summed E-state index contributed by atoms with van der Waals surface area (Å²) in [5.41, 5.74) is 7.57. The molecule has 0 aliphatic heterocycles. The second kappa shape index (κ2) is 4.69. The maximum atomic E-state index is 5.56. The van der Waals surface area contributed by atoms with E-state index in [0.717, 1.165) is 27.8 Å². The van der Waals surface area contributed by atoms with Crippen molar-refractivity contribution in [3.05, 3.63) is 28.5 Å². The van der Waals surface area contributed by atoms with Crippen molar-refractivity contribution in [2.45, 2.75) is 13.0 Å². The lowest BCUT2D eigenvalue weighted by atomic mass is 10.3. The Morgan fingerprint density at radius 2 is 2.31 bits per heavy atom. The average Bonchev–Trinajstić information content (AvgIpc) is 2.57. The van der Waals surface area contributed by atoms with E-state index in [-0.39, 0.29) is 0 Å². The molecule has 1 aromatic carbocycles. The van der Waals surface area contributed by atoms with E-state index >= 15 is 0 Å². The van der Waals surface area contributed by atoms with Crippen LogP contribution in [-0.4, -0.2) is 16.1 Å². The molecular formula is C12H12BrN3. The first-order valence-electron chi connectivity index (χ1n) is 5.04. The SMILES string of the molecule is C#CCn1c(CCN)nc2cc(Br)ccc21. The maximum absolute atomic E-state index is 5.56. The van der Waals surface area contributed by atoms with E-state index in [1.54, 1.807) is 0 Å². The Kier molecular flexibility index (Phi) is 3.28. The van der Waals surface area contributed by atoms with Gasteiger partial charge in [0.05, 0.1) is 17.6 Å². The molecule has 0 radical (unpaired) electrons. The lowest BCUT2D eigenvalue weighted by molar-refractivity contribution is 0.758. The van der Waals surface area contributed by atoms with E-state index in [2.05, 4.69) is 26.8 Å². The zero-order valence-electron chi connectivity index (χ0n) is 8.78. The largest absolute Gasteiger partial charge is 0.330 e. The van der Waals surface area contributed by atoms with Gasteiger partial charge in [-0.25, -0.2) is 4.98 Å². The van der Waals surface area contributed by atoms with Crippen molar-refractivity contribution in [2.24, 2.45) is 5.73 Å². The summed E-state index contributed by atoms with van der Waals surface area (Å²) in [5.74, 6) is 3.60. The van der Waals surface area contributed by atoms with E-state index in [1.165, 1.54) is 0 Å². The molecule has 82 valence electrons. The molecule has 1 aromatic heterocycles. The Balaban J connectivity index is 2.61. The van der Waals surface area contributed by atoms with Gasteiger partial charge in [-0.05, 0) is 24.7 Å². The predicted molar refractivity (Wildman–Crippen MR) is 69.0 cm³/mol. The molecule has 0 fully saturated rings. The summed E-state index contributed by atoms with van der Waals surface area (Å²) in [7, 11) is 0. The summed E-state index contributed by atoms with van der Waals surface area (Å²) < 4.78 is 3.05. The zero-order chi connectivity index (χ0) is 11.5. The van der Waals surface area contributed by atoms with Crippen molar-refractivity contribution in [3.63, 3.8) is 0 Å². The summed E-state index contributed by atoms with van der Waals surface area (Å²) in [6, 6.07) is 6.00. The minimum atomic E-state index is 0.535. The summed E-state index contributed by atoms with van der Waals surface area (Å²) in [5, 5.41) is 0. The van der Waals surface area contributed by atoms with Crippen LogP contribution in [0.2, 0.25) is 0 Å². The van der Waals surface area contributed by atoms with Gasteiger partial charge in [-0.3, -0.25) is 0 Å². The topological polar surface area (TPSA) is 43.8 Å². The van der Waals surface area contributed by atoms with Crippen LogP contribution in [0.25, 0.3) is 11.0 Å². The van der Waals surface area contributed by atoms with E-state index in [1.807, 2.05) is 22.8 Å². The van der Waals surface area contributed by atoms with Crippen molar-refractivity contribution < 1.29 is 0 Å². The number of hydrogen-bond acceptors (Lipinski definition) is 2. The Labute approximate surface area is 103 Å². The van der Waals surface area contributed by atoms with E-state index in [9.17, 15) is 0 Å². The first-order chi connectivity index (χ1) is 7.76. The molecule has 3 nitrogen and oxygen atoms in total. The van der Waals surface area contributed by atoms with Crippen molar-refractivity contribution in [3.8, 4) is 12.3 Å². The molecule has 2 N–H and O–H groups in total. The fourth-order valence-corrected chi connectivity index (χ4v) is 2.09. The molecule has 4 heteroatoms. The fraction of sp³-hybridized carbons (Fsp3) is 0.250. The molecule has 0 saturated carbocycles. The number of terminal acetylenes is 1. The number of nitrogens with two attached hydrogens (primary N) is 1. The lowest BCUT2D eigenvalue weighted by Gasteiger charge is -2.03. The highest BCUT2D eigenvalue weighted by Crippen LogP contribution is 2.21. The number of halogens is 1. The van der Waals surface area contributed by atoms with Gasteiger partial charge in [-0.1, -0.05) is 21.9 Å². The van der Waals surface area contributed by atoms with Gasteiger partial charge in [0.15, 0.2) is 0 Å². The number of rotatable bonds is 3. The number of hydrogen-bond donors (Lipinski definition) is 1. The van der Waals surface area contributed by atoms with E-state index in [4.69, 9.17) is 12.2 Å². The Bertz CT molecular complexity index is 551. The molecule has 1 heterocycles.